The van der Waals surface area contributed by atoms with Gasteiger partial charge in [0.1, 0.15) is 16.5 Å². The molecule has 0 bridgehead atoms. The summed E-state index contributed by atoms with van der Waals surface area (Å²) >= 11 is 5.24. The molecule has 2 aromatic rings. The largest absolute Gasteiger partial charge is 0.358 e. The quantitative estimate of drug-likeness (QED) is 0.674. The maximum Gasteiger partial charge on any atom is 0.239 e. The molecule has 1 aromatic heterocycles. The second kappa shape index (κ2) is 7.52. The van der Waals surface area contributed by atoms with E-state index in [-0.39, 0.29) is 16.8 Å². The van der Waals surface area contributed by atoms with Crippen molar-refractivity contribution in [3.05, 3.63) is 48.4 Å². The van der Waals surface area contributed by atoms with Crippen LogP contribution in [0.25, 0.3) is 0 Å². The molecule has 0 amide bonds. The first-order chi connectivity index (χ1) is 12.3. The van der Waals surface area contributed by atoms with Gasteiger partial charge < -0.3 is 15.5 Å². The van der Waals surface area contributed by atoms with Crippen LogP contribution in [0.4, 0.5) is 15.9 Å². The van der Waals surface area contributed by atoms with E-state index in [1.807, 2.05) is 4.90 Å². The molecule has 10 heteroatoms. The summed E-state index contributed by atoms with van der Waals surface area (Å²) in [5.41, 5.74) is 0.320. The maximum absolute atomic E-state index is 13.6. The van der Waals surface area contributed by atoms with Gasteiger partial charge in [-0.05, 0) is 42.9 Å². The number of halogens is 1. The van der Waals surface area contributed by atoms with Crippen LogP contribution in [-0.2, 0) is 10.0 Å². The molecule has 1 aliphatic heterocycles. The van der Waals surface area contributed by atoms with Crippen molar-refractivity contribution in [1.82, 2.24) is 10.3 Å². The van der Waals surface area contributed by atoms with Crippen LogP contribution >= 0.6 is 12.2 Å². The monoisotopic (exact) mass is 395 g/mol. The van der Waals surface area contributed by atoms with Crippen LogP contribution in [0.2, 0.25) is 0 Å². The predicted molar refractivity (Wildman–Crippen MR) is 102 cm³/mol. The molecule has 138 valence electrons. The van der Waals surface area contributed by atoms with E-state index in [0.717, 1.165) is 13.0 Å². The van der Waals surface area contributed by atoms with Gasteiger partial charge in [0.25, 0.3) is 0 Å². The van der Waals surface area contributed by atoms with Crippen molar-refractivity contribution in [2.45, 2.75) is 17.4 Å². The van der Waals surface area contributed by atoms with Gasteiger partial charge in [-0.15, -0.1) is 0 Å². The number of nitrogens with zero attached hydrogens (tertiary/aromatic N) is 2. The molecular weight excluding hydrogens is 377 g/mol. The van der Waals surface area contributed by atoms with Crippen LogP contribution in [0.3, 0.4) is 0 Å². The van der Waals surface area contributed by atoms with Crippen molar-refractivity contribution in [2.75, 3.05) is 23.3 Å². The zero-order chi connectivity index (χ0) is 18.7. The molecule has 1 fully saturated rings. The lowest BCUT2D eigenvalue weighted by Crippen LogP contribution is -2.39. The molecule has 2 heterocycles. The molecule has 0 unspecified atom stereocenters. The number of aromatic nitrogens is 1. The van der Waals surface area contributed by atoms with Crippen molar-refractivity contribution >= 4 is 38.9 Å². The molecule has 1 aromatic carbocycles. The summed E-state index contributed by atoms with van der Waals surface area (Å²) in [6.45, 7) is 1.38. The summed E-state index contributed by atoms with van der Waals surface area (Å²) in [5.74, 6) is 0.290. The van der Waals surface area contributed by atoms with Gasteiger partial charge >= 0.3 is 0 Å². The average molecular weight is 395 g/mol. The van der Waals surface area contributed by atoms with Gasteiger partial charge in [-0.3, -0.25) is 0 Å². The van der Waals surface area contributed by atoms with Crippen molar-refractivity contribution in [1.29, 1.82) is 0 Å². The van der Waals surface area contributed by atoms with Crippen LogP contribution in [-0.4, -0.2) is 37.6 Å². The number of hydrogen-bond donors (Lipinski definition) is 3. The smallest absolute Gasteiger partial charge is 0.239 e. The number of primary sulfonamides is 1. The lowest BCUT2D eigenvalue weighted by atomic mass is 10.3. The molecule has 7 nitrogen and oxygen atoms in total. The van der Waals surface area contributed by atoms with Crippen LogP contribution in [0.15, 0.2) is 47.5 Å². The number of nitrogens with two attached hydrogens (primary N) is 1. The van der Waals surface area contributed by atoms with E-state index in [9.17, 15) is 12.8 Å². The number of nitrogens with one attached hydrogen (secondary N) is 2. The first-order valence-electron chi connectivity index (χ1n) is 7.89. The highest BCUT2D eigenvalue weighted by Gasteiger charge is 2.24. The Morgan fingerprint density at radius 1 is 1.31 bits per heavy atom. The highest BCUT2D eigenvalue weighted by molar-refractivity contribution is 7.89. The van der Waals surface area contributed by atoms with E-state index in [4.69, 9.17) is 17.4 Å². The topological polar surface area (TPSA) is 100 Å². The van der Waals surface area contributed by atoms with Gasteiger partial charge in [0.05, 0.1) is 5.69 Å². The number of para-hydroxylation sites is 1. The molecule has 0 spiro atoms. The molecule has 0 saturated carbocycles. The van der Waals surface area contributed by atoms with Crippen molar-refractivity contribution in [3.63, 3.8) is 0 Å². The van der Waals surface area contributed by atoms with Crippen molar-refractivity contribution in [2.24, 2.45) is 5.14 Å². The average Bonchev–Trinajstić information content (AvgIpc) is 3.05. The molecule has 0 radical (unpaired) electrons. The molecule has 1 atom stereocenters. The third-order valence-corrected chi connectivity index (χ3v) is 5.14. The molecule has 1 aliphatic rings. The summed E-state index contributed by atoms with van der Waals surface area (Å²) in [6, 6.07) is 9.44. The SMILES string of the molecule is NS(=O)(=O)c1ccc(N2CC[C@@H](NC(=S)Nc3ccccc3F)C2)nc1. The molecule has 4 N–H and O–H groups in total. The highest BCUT2D eigenvalue weighted by Crippen LogP contribution is 2.19. The lowest BCUT2D eigenvalue weighted by molar-refractivity contribution is 0.597. The first-order valence-corrected chi connectivity index (χ1v) is 9.84. The van der Waals surface area contributed by atoms with Gasteiger partial charge in [0.2, 0.25) is 10.0 Å². The minimum atomic E-state index is -3.75. The fraction of sp³-hybridized carbons (Fsp3) is 0.250. The number of rotatable bonds is 4. The number of anilines is 2. The summed E-state index contributed by atoms with van der Waals surface area (Å²) in [7, 11) is -3.75. The second-order valence-corrected chi connectivity index (χ2v) is 7.88. The van der Waals surface area contributed by atoms with Gasteiger partial charge in [-0.1, -0.05) is 12.1 Å². The van der Waals surface area contributed by atoms with Crippen LogP contribution < -0.4 is 20.7 Å². The Labute approximate surface area is 156 Å². The summed E-state index contributed by atoms with van der Waals surface area (Å²) in [4.78, 5) is 6.15. The summed E-state index contributed by atoms with van der Waals surface area (Å²) in [5, 5.41) is 11.4. The fourth-order valence-electron chi connectivity index (χ4n) is 2.72. The lowest BCUT2D eigenvalue weighted by Gasteiger charge is -2.19. The van der Waals surface area contributed by atoms with E-state index < -0.39 is 10.0 Å². The number of hydrogen-bond acceptors (Lipinski definition) is 5. The van der Waals surface area contributed by atoms with E-state index in [2.05, 4.69) is 15.6 Å². The predicted octanol–water partition coefficient (Wildman–Crippen LogP) is 1.43. The Bertz CT molecular complexity index is 905. The van der Waals surface area contributed by atoms with E-state index in [0.29, 0.717) is 23.2 Å². The number of pyridine rings is 1. The van der Waals surface area contributed by atoms with Gasteiger partial charge in [0.15, 0.2) is 5.11 Å². The Kier molecular flexibility index (Phi) is 5.35. The Morgan fingerprint density at radius 2 is 2.08 bits per heavy atom. The van der Waals surface area contributed by atoms with Crippen LogP contribution in [0.5, 0.6) is 0 Å². The molecule has 1 saturated heterocycles. The van der Waals surface area contributed by atoms with Gasteiger partial charge in [0, 0.05) is 25.3 Å². The second-order valence-electron chi connectivity index (χ2n) is 5.91. The molecular formula is C16H18FN5O2S2. The molecule has 3 rings (SSSR count). The Hall–Kier alpha value is -2.30. The molecule has 26 heavy (non-hydrogen) atoms. The van der Waals surface area contributed by atoms with E-state index >= 15 is 0 Å². The number of thiocarbonyl (C=S) groups is 1. The number of benzene rings is 1. The third-order valence-electron chi connectivity index (χ3n) is 4.02. The highest BCUT2D eigenvalue weighted by atomic mass is 32.2. The zero-order valence-electron chi connectivity index (χ0n) is 13.7. The van der Waals surface area contributed by atoms with Gasteiger partial charge in [-0.2, -0.15) is 0 Å². The Balaban J connectivity index is 1.57. The van der Waals surface area contributed by atoms with E-state index in [1.165, 1.54) is 18.3 Å². The maximum atomic E-state index is 13.6. The standard InChI is InChI=1S/C16H18FN5O2S2/c17-13-3-1-2-4-14(13)21-16(25)20-11-7-8-22(10-11)15-6-5-12(9-19-15)26(18,23)24/h1-6,9,11H,7-8,10H2,(H2,18,23,24)(H2,20,21,25)/t11-/m1/s1. The minimum Gasteiger partial charge on any atom is -0.358 e. The minimum absolute atomic E-state index is 0.0228. The normalized spacial score (nSPS) is 17.2. The first kappa shape index (κ1) is 18.5. The van der Waals surface area contributed by atoms with Gasteiger partial charge in [-0.25, -0.2) is 22.9 Å². The van der Waals surface area contributed by atoms with Crippen LogP contribution in [0.1, 0.15) is 6.42 Å². The van der Waals surface area contributed by atoms with E-state index in [1.54, 1.807) is 24.3 Å². The molecule has 0 aliphatic carbocycles. The third kappa shape index (κ3) is 4.45. The van der Waals surface area contributed by atoms with Crippen LogP contribution in [0, 0.1) is 5.82 Å². The summed E-state index contributed by atoms with van der Waals surface area (Å²) in [6.07, 6.45) is 2.06. The van der Waals surface area contributed by atoms with Crippen molar-refractivity contribution < 1.29 is 12.8 Å². The van der Waals surface area contributed by atoms with Crippen molar-refractivity contribution in [3.8, 4) is 0 Å². The zero-order valence-corrected chi connectivity index (χ0v) is 15.4. The summed E-state index contributed by atoms with van der Waals surface area (Å²) < 4.78 is 36.2. The Morgan fingerprint density at radius 3 is 2.73 bits per heavy atom. The fourth-order valence-corrected chi connectivity index (χ4v) is 3.45. The number of sulfonamides is 1.